The van der Waals surface area contributed by atoms with E-state index in [-0.39, 0.29) is 30.2 Å². The largest absolute Gasteiger partial charge is 0.395 e. The van der Waals surface area contributed by atoms with E-state index in [9.17, 15) is 19.2 Å². The van der Waals surface area contributed by atoms with Crippen molar-refractivity contribution in [2.75, 3.05) is 95.1 Å². The van der Waals surface area contributed by atoms with Crippen molar-refractivity contribution in [3.63, 3.8) is 0 Å². The lowest BCUT2D eigenvalue weighted by Gasteiger charge is -2.26. The molecule has 0 unspecified atom stereocenters. The van der Waals surface area contributed by atoms with Crippen molar-refractivity contribution in [2.24, 2.45) is 0 Å². The number of benzene rings is 6. The summed E-state index contributed by atoms with van der Waals surface area (Å²) < 4.78 is 5.36. The number of pyridine rings is 8. The molecule has 1 aliphatic heterocycles. The van der Waals surface area contributed by atoms with Gasteiger partial charge in [0.1, 0.15) is 23.3 Å². The highest BCUT2D eigenvalue weighted by atomic mass is 35.5. The van der Waals surface area contributed by atoms with Crippen molar-refractivity contribution in [3.05, 3.63) is 352 Å². The first kappa shape index (κ1) is 82.1. The summed E-state index contributed by atoms with van der Waals surface area (Å²) in [5, 5.41) is 35.2. The Kier molecular flexibility index (Phi) is 30.1. The van der Waals surface area contributed by atoms with E-state index in [1.165, 1.54) is 12.4 Å². The molecule has 1 aliphatic rings. The molecule has 4 amide bonds. The molecule has 23 nitrogen and oxygen atoms in total. The lowest BCUT2D eigenvalue weighted by Crippen LogP contribution is -2.39. The summed E-state index contributed by atoms with van der Waals surface area (Å²) in [6, 6.07) is 77.3. The fraction of sp³-hybridized carbons (Fsp3) is 0.101. The van der Waals surface area contributed by atoms with Crippen molar-refractivity contribution in [3.8, 4) is 45.0 Å². The van der Waals surface area contributed by atoms with E-state index in [0.29, 0.717) is 95.6 Å². The van der Waals surface area contributed by atoms with E-state index >= 15 is 0 Å². The summed E-state index contributed by atoms with van der Waals surface area (Å²) in [4.78, 5) is 87.0. The minimum Gasteiger partial charge on any atom is -0.395 e. The third-order valence-electron chi connectivity index (χ3n) is 17.4. The van der Waals surface area contributed by atoms with Crippen LogP contribution >= 0.6 is 46.4 Å². The molecule has 9 N–H and O–H groups in total. The second-order valence-electron chi connectivity index (χ2n) is 25.5. The molecular weight excluding hydrogens is 1540 g/mol. The number of morpholine rings is 1. The smallest absolute Gasteiger partial charge is 0.257 e. The number of carbonyl (C=O) groups excluding carboxylic acids is 4. The Bertz CT molecular complexity index is 5510. The SMILES string of the molecule is O=C(Nc1ccc(Cl)c(-c2ccccn2)c1)c1ccc(NCCN2CCOCC2)nc1.O=C(Nc1ccc(Cl)c(-c2ccccn2)c1)c1ccc(NCCO)nc1.O=C(Nc1ccc(Cl)c(-c2ccccn2)c1)c1ccc(NCc2ccccc2)nc1.O=C(Nc1ccc(Cl)c(-c2ccccn2)c1)c1ccc(Nc2ccccc2)nc1. The average Bonchev–Trinajstić information content (AvgIpc) is 0.838. The number of anilines is 9. The average molecular weight is 1620 g/mol. The highest BCUT2D eigenvalue weighted by Gasteiger charge is 2.17. The molecule has 582 valence electrons. The van der Waals surface area contributed by atoms with Crippen LogP contribution in [0.2, 0.25) is 20.1 Å². The number of ether oxygens (including phenoxy) is 1. The number of amides is 4. The zero-order chi connectivity index (χ0) is 80.6. The van der Waals surface area contributed by atoms with Gasteiger partial charge in [0, 0.05) is 140 Å². The minimum absolute atomic E-state index is 0.0130. The van der Waals surface area contributed by atoms with E-state index in [1.54, 1.807) is 140 Å². The topological polar surface area (TPSA) is 300 Å². The van der Waals surface area contributed by atoms with Crippen molar-refractivity contribution >= 4 is 122 Å². The first-order chi connectivity index (χ1) is 56.7. The van der Waals surface area contributed by atoms with Crippen LogP contribution in [0.1, 0.15) is 47.0 Å². The standard InChI is InChI=1S/C24H19ClN4O.C23H24ClN5O2.C23H17ClN4O.C19H17ClN4O2/c25-21-11-10-19(14-20(21)22-8-4-5-13-26-22)29-24(30)18-9-12-23(28-16-18)27-15-17-6-2-1-3-7-17;24-20-6-5-18(15-19(20)21-3-1-2-8-25-21)28-23(30)17-4-7-22(27-16-17)26-9-10-29-11-13-31-14-12-29;24-20-11-10-18(14-19(20)21-8-4-5-13-25-21)28-23(29)16-9-12-22(26-15-16)27-17-6-2-1-3-7-17;20-16-6-5-14(11-15(16)17-3-1-2-8-21-17)24-19(26)13-4-7-18(23-12-13)22-9-10-25/h1-14,16H,15H2,(H,27,28)(H,29,30);1-8,15-16H,9-14H2,(H,26,27)(H,28,30);1-15H,(H,26,27)(H,28,29);1-8,11-12,25H,9-10H2,(H,22,23)(H,24,26). The molecule has 116 heavy (non-hydrogen) atoms. The summed E-state index contributed by atoms with van der Waals surface area (Å²) >= 11 is 25.2. The Morgan fingerprint density at radius 2 is 0.672 bits per heavy atom. The molecule has 0 atom stereocenters. The van der Waals surface area contributed by atoms with Crippen LogP contribution in [0.3, 0.4) is 0 Å². The number of halogens is 4. The van der Waals surface area contributed by atoms with Crippen molar-refractivity contribution in [1.29, 1.82) is 0 Å². The first-order valence-corrected chi connectivity index (χ1v) is 38.2. The van der Waals surface area contributed by atoms with E-state index in [1.807, 2.05) is 152 Å². The number of hydrogen-bond donors (Lipinski definition) is 9. The minimum atomic E-state index is -0.277. The van der Waals surface area contributed by atoms with E-state index in [2.05, 4.69) is 87.3 Å². The highest BCUT2D eigenvalue weighted by Crippen LogP contribution is 2.34. The van der Waals surface area contributed by atoms with Gasteiger partial charge in [-0.15, -0.1) is 0 Å². The highest BCUT2D eigenvalue weighted by molar-refractivity contribution is 6.35. The molecule has 6 aromatic carbocycles. The van der Waals surface area contributed by atoms with Crippen LogP contribution in [0.25, 0.3) is 45.0 Å². The van der Waals surface area contributed by atoms with Gasteiger partial charge in [0.25, 0.3) is 23.6 Å². The van der Waals surface area contributed by atoms with Crippen LogP contribution in [-0.4, -0.2) is 126 Å². The molecule has 1 fully saturated rings. The molecule has 15 rings (SSSR count). The number of aromatic nitrogens is 8. The molecule has 8 aromatic heterocycles. The van der Waals surface area contributed by atoms with Crippen molar-refractivity contribution in [2.45, 2.75) is 6.54 Å². The van der Waals surface area contributed by atoms with Gasteiger partial charge >= 0.3 is 0 Å². The van der Waals surface area contributed by atoms with Gasteiger partial charge in [0.15, 0.2) is 0 Å². The Morgan fingerprint density at radius 1 is 0.345 bits per heavy atom. The number of para-hydroxylation sites is 1. The van der Waals surface area contributed by atoms with Gasteiger partial charge in [-0.1, -0.05) is 119 Å². The summed E-state index contributed by atoms with van der Waals surface area (Å²) in [5.41, 5.74) is 12.4. The zero-order valence-corrected chi connectivity index (χ0v) is 65.3. The molecule has 9 heterocycles. The maximum Gasteiger partial charge on any atom is 0.257 e. The Morgan fingerprint density at radius 3 is 1.00 bits per heavy atom. The van der Waals surface area contributed by atoms with E-state index < -0.39 is 0 Å². The number of nitrogens with zero attached hydrogens (tertiary/aromatic N) is 9. The molecule has 27 heteroatoms. The molecule has 1 saturated heterocycles. The molecule has 0 spiro atoms. The monoisotopic (exact) mass is 1620 g/mol. The van der Waals surface area contributed by atoms with Crippen LogP contribution in [0.15, 0.2) is 304 Å². The van der Waals surface area contributed by atoms with Gasteiger partial charge in [-0.25, -0.2) is 19.9 Å². The van der Waals surface area contributed by atoms with Crippen LogP contribution in [-0.2, 0) is 11.3 Å². The molecule has 14 aromatic rings. The fourth-order valence-electron chi connectivity index (χ4n) is 11.4. The summed E-state index contributed by atoms with van der Waals surface area (Å²) in [7, 11) is 0. The van der Waals surface area contributed by atoms with Crippen LogP contribution in [0.4, 0.5) is 51.7 Å². The summed E-state index contributed by atoms with van der Waals surface area (Å²) in [5.74, 6) is 1.70. The molecule has 0 saturated carbocycles. The van der Waals surface area contributed by atoms with Crippen LogP contribution in [0, 0.1) is 0 Å². The number of rotatable bonds is 24. The third-order valence-corrected chi connectivity index (χ3v) is 18.7. The third kappa shape index (κ3) is 24.6. The van der Waals surface area contributed by atoms with Gasteiger partial charge in [-0.05, 0) is 188 Å². The Hall–Kier alpha value is -13.4. The number of aliphatic hydroxyl groups excluding tert-OH is 1. The first-order valence-electron chi connectivity index (χ1n) is 36.7. The lowest BCUT2D eigenvalue weighted by molar-refractivity contribution is 0.0398. The normalized spacial score (nSPS) is 11.4. The molecule has 0 bridgehead atoms. The Balaban J connectivity index is 0.000000143. The number of carbonyl (C=O) groups is 4. The van der Waals surface area contributed by atoms with Crippen molar-refractivity contribution in [1.82, 2.24) is 44.8 Å². The summed E-state index contributed by atoms with van der Waals surface area (Å²) in [6.07, 6.45) is 12.9. The zero-order valence-electron chi connectivity index (χ0n) is 62.3. The van der Waals surface area contributed by atoms with E-state index in [0.717, 1.165) is 101 Å². The lowest BCUT2D eigenvalue weighted by atomic mass is 10.1. The van der Waals surface area contributed by atoms with Gasteiger partial charge in [0.05, 0.1) is 84.9 Å². The maximum absolute atomic E-state index is 12.6. The van der Waals surface area contributed by atoms with E-state index in [4.69, 9.17) is 56.2 Å². The second kappa shape index (κ2) is 42.5. The predicted octanol–water partition coefficient (Wildman–Crippen LogP) is 18.7. The molecular formula is C89H77Cl4N17O6. The van der Waals surface area contributed by atoms with Crippen LogP contribution in [0.5, 0.6) is 0 Å². The predicted molar refractivity (Wildman–Crippen MR) is 462 cm³/mol. The van der Waals surface area contributed by atoms with Crippen molar-refractivity contribution < 1.29 is 29.0 Å². The Labute approximate surface area is 690 Å². The van der Waals surface area contributed by atoms with Gasteiger partial charge in [-0.3, -0.25) is 44.0 Å². The maximum atomic E-state index is 12.6. The molecule has 0 aliphatic carbocycles. The molecule has 0 radical (unpaired) electrons. The van der Waals surface area contributed by atoms with Gasteiger partial charge in [-0.2, -0.15) is 0 Å². The fourth-order valence-corrected chi connectivity index (χ4v) is 12.3. The van der Waals surface area contributed by atoms with Crippen LogP contribution < -0.4 is 42.5 Å². The number of aliphatic hydroxyl groups is 1. The quantitative estimate of drug-likeness (QED) is 0.0272. The number of hydrogen-bond acceptors (Lipinski definition) is 19. The van der Waals surface area contributed by atoms with Gasteiger partial charge in [0.2, 0.25) is 0 Å². The summed E-state index contributed by atoms with van der Waals surface area (Å²) in [6.45, 7) is 6.31. The van der Waals surface area contributed by atoms with Gasteiger partial charge < -0.3 is 52.4 Å². The number of nitrogens with one attached hydrogen (secondary N) is 8. The second-order valence-corrected chi connectivity index (χ2v) is 27.2.